The van der Waals surface area contributed by atoms with Crippen LogP contribution in [0.5, 0.6) is 0 Å². The fourth-order valence-electron chi connectivity index (χ4n) is 12.5. The van der Waals surface area contributed by atoms with E-state index in [1.54, 1.807) is 0 Å². The molecule has 2 aromatic heterocycles. The topological polar surface area (TPSA) is 32.8 Å². The van der Waals surface area contributed by atoms with Gasteiger partial charge in [-0.3, -0.25) is 0 Å². The van der Waals surface area contributed by atoms with E-state index in [2.05, 4.69) is 237 Å². The minimum Gasteiger partial charge on any atom is -0.455 e. The third kappa shape index (κ3) is 5.83. The van der Waals surface area contributed by atoms with Gasteiger partial charge in [0.15, 0.2) is 5.58 Å². The number of para-hydroxylation sites is 4. The summed E-state index contributed by atoms with van der Waals surface area (Å²) in [5.41, 5.74) is 27.1. The first-order valence-electron chi connectivity index (χ1n) is 24.8. The minimum atomic E-state index is -0.379. The molecule has 0 atom stereocenters. The lowest BCUT2D eigenvalue weighted by Crippen LogP contribution is -2.18. The molecule has 0 N–H and O–H groups in total. The molecule has 0 bridgehead atoms. The molecule has 9 aromatic carbocycles. The Morgan fingerprint density at radius 1 is 0.343 bits per heavy atom. The van der Waals surface area contributed by atoms with Crippen molar-refractivity contribution in [2.45, 2.75) is 80.1 Å². The summed E-state index contributed by atoms with van der Waals surface area (Å²) < 4.78 is 14.4. The zero-order valence-electron chi connectivity index (χ0n) is 41.7. The first kappa shape index (κ1) is 42.3. The van der Waals surface area contributed by atoms with Crippen molar-refractivity contribution in [3.63, 3.8) is 0 Å². The maximum Gasteiger partial charge on any atom is 0.160 e. The van der Waals surface area contributed by atoms with Gasteiger partial charge in [0.1, 0.15) is 16.7 Å². The second-order valence-corrected chi connectivity index (χ2v) is 21.3. The third-order valence-electron chi connectivity index (χ3n) is 16.0. The van der Waals surface area contributed by atoms with Crippen LogP contribution in [-0.4, -0.2) is 0 Å². The van der Waals surface area contributed by atoms with Crippen molar-refractivity contribution < 1.29 is 8.83 Å². The van der Waals surface area contributed by atoms with E-state index in [1.165, 1.54) is 77.9 Å². The molecule has 13 rings (SSSR count). The summed E-state index contributed by atoms with van der Waals surface area (Å²) in [7, 11) is 0. The average Bonchev–Trinajstić information content (AvgIpc) is 4.04. The van der Waals surface area contributed by atoms with Gasteiger partial charge >= 0.3 is 0 Å². The highest BCUT2D eigenvalue weighted by molar-refractivity contribution is 6.21. The van der Waals surface area contributed by atoms with E-state index in [-0.39, 0.29) is 10.8 Å². The Bertz CT molecular complexity index is 4040. The first-order valence-corrected chi connectivity index (χ1v) is 24.8. The normalized spacial score (nSPS) is 14.1. The summed E-state index contributed by atoms with van der Waals surface area (Å²) in [6.07, 6.45) is 0. The monoisotopic (exact) mass is 908 g/mol. The van der Waals surface area contributed by atoms with E-state index >= 15 is 0 Å². The first-order chi connectivity index (χ1) is 33.7. The highest BCUT2D eigenvalue weighted by Crippen LogP contribution is 2.62. The molecule has 0 fully saturated rings. The second kappa shape index (κ2) is 14.8. The summed E-state index contributed by atoms with van der Waals surface area (Å²) in [6, 6.07) is 58.3. The van der Waals surface area contributed by atoms with Crippen LogP contribution in [0.15, 0.2) is 167 Å². The fraction of sp³-hybridized carbons (Fsp3) is 0.182. The smallest absolute Gasteiger partial charge is 0.160 e. The number of hydrogen-bond acceptors (Lipinski definition) is 4. The van der Waals surface area contributed by atoms with Crippen molar-refractivity contribution in [1.82, 2.24) is 0 Å². The van der Waals surface area contributed by atoms with Crippen LogP contribution in [0.25, 0.3) is 66.1 Å². The molecule has 0 amide bonds. The molecule has 2 aliphatic carbocycles. The molecule has 342 valence electrons. The van der Waals surface area contributed by atoms with E-state index in [9.17, 15) is 0 Å². The van der Waals surface area contributed by atoms with Crippen molar-refractivity contribution in [2.24, 2.45) is 0 Å². The Kier molecular flexibility index (Phi) is 8.97. The number of furan rings is 2. The minimum absolute atomic E-state index is 0.370. The van der Waals surface area contributed by atoms with Crippen LogP contribution in [0.2, 0.25) is 0 Å². The molecule has 4 heteroatoms. The molecule has 0 saturated heterocycles. The quantitative estimate of drug-likeness (QED) is 0.166. The van der Waals surface area contributed by atoms with Gasteiger partial charge in [0.25, 0.3) is 0 Å². The Balaban J connectivity index is 1.10. The summed E-state index contributed by atoms with van der Waals surface area (Å²) in [6.45, 7) is 22.9. The largest absolute Gasteiger partial charge is 0.455 e. The summed E-state index contributed by atoms with van der Waals surface area (Å²) in [4.78, 5) is 4.94. The van der Waals surface area contributed by atoms with Gasteiger partial charge in [-0.2, -0.15) is 0 Å². The fourth-order valence-corrected chi connectivity index (χ4v) is 12.5. The Hall–Kier alpha value is -7.82. The van der Waals surface area contributed by atoms with Crippen LogP contribution in [0.4, 0.5) is 34.1 Å². The van der Waals surface area contributed by atoms with E-state index in [0.29, 0.717) is 0 Å². The van der Waals surface area contributed by atoms with E-state index in [0.717, 1.165) is 78.0 Å². The molecule has 0 unspecified atom stereocenters. The molecule has 70 heavy (non-hydrogen) atoms. The van der Waals surface area contributed by atoms with Crippen LogP contribution in [0.3, 0.4) is 0 Å². The number of benzene rings is 9. The van der Waals surface area contributed by atoms with Crippen LogP contribution in [-0.2, 0) is 10.8 Å². The van der Waals surface area contributed by atoms with E-state index in [1.807, 2.05) is 0 Å². The van der Waals surface area contributed by atoms with Gasteiger partial charge < -0.3 is 18.6 Å². The Morgan fingerprint density at radius 3 is 1.31 bits per heavy atom. The van der Waals surface area contributed by atoms with Crippen LogP contribution in [0, 0.1) is 41.5 Å². The summed E-state index contributed by atoms with van der Waals surface area (Å²) in [5.74, 6) is 0. The van der Waals surface area contributed by atoms with Crippen molar-refractivity contribution in [1.29, 1.82) is 0 Å². The molecular formula is C66H56N2O2. The van der Waals surface area contributed by atoms with Gasteiger partial charge in [0.05, 0.1) is 16.8 Å². The van der Waals surface area contributed by atoms with E-state index in [4.69, 9.17) is 8.83 Å². The maximum atomic E-state index is 7.22. The number of rotatable bonds is 6. The van der Waals surface area contributed by atoms with Gasteiger partial charge in [-0.1, -0.05) is 136 Å². The van der Waals surface area contributed by atoms with E-state index < -0.39 is 0 Å². The highest BCUT2D eigenvalue weighted by atomic mass is 16.3. The lowest BCUT2D eigenvalue weighted by molar-refractivity contribution is 0.649. The lowest BCUT2D eigenvalue weighted by atomic mass is 9.79. The number of fused-ring (bicyclic) bond motifs is 14. The molecule has 2 aliphatic rings. The van der Waals surface area contributed by atoms with Gasteiger partial charge in [-0.25, -0.2) is 0 Å². The Labute approximate surface area is 410 Å². The van der Waals surface area contributed by atoms with Crippen molar-refractivity contribution in [2.75, 3.05) is 9.80 Å². The molecule has 0 aliphatic heterocycles. The van der Waals surface area contributed by atoms with Crippen molar-refractivity contribution in [3.05, 3.63) is 213 Å². The van der Waals surface area contributed by atoms with Gasteiger partial charge in [-0.05, 0) is 163 Å². The number of aryl methyl sites for hydroxylation is 6. The molecule has 0 radical (unpaired) electrons. The molecule has 0 spiro atoms. The number of nitrogens with zero attached hydrogens (tertiary/aromatic N) is 2. The van der Waals surface area contributed by atoms with Crippen LogP contribution in [0.1, 0.15) is 83.3 Å². The summed E-state index contributed by atoms with van der Waals surface area (Å²) in [5, 5.41) is 4.53. The zero-order valence-corrected chi connectivity index (χ0v) is 41.7. The summed E-state index contributed by atoms with van der Waals surface area (Å²) >= 11 is 0. The highest BCUT2D eigenvalue weighted by Gasteiger charge is 2.45. The standard InChI is InChI=1S/C66H56N2O2/c1-37-27-29-53(41(5)31-37)67(51-23-15-11-19-39(51)3)55-35-50-60(64-61(55)43-21-13-17-25-57(43)70-64)46-34-47-45(33-48(46)66(50,9)10)59-49(65(47,7)8)36-56(63-62(59)44-22-14-18-26-58(44)69-63)68(52-24-16-12-20-40(52)4)54-30-28-38(2)32-42(54)6/h11-36H,1-10H3. The molecule has 0 saturated carbocycles. The van der Waals surface area contributed by atoms with Crippen LogP contribution >= 0.6 is 0 Å². The molecular weight excluding hydrogens is 853 g/mol. The second-order valence-electron chi connectivity index (χ2n) is 21.3. The molecule has 11 aromatic rings. The van der Waals surface area contributed by atoms with Gasteiger partial charge in [0.2, 0.25) is 0 Å². The van der Waals surface area contributed by atoms with Gasteiger partial charge in [0, 0.05) is 55.3 Å². The Morgan fingerprint density at radius 2 is 0.771 bits per heavy atom. The lowest BCUT2D eigenvalue weighted by Gasteiger charge is -2.31. The van der Waals surface area contributed by atoms with Crippen molar-refractivity contribution in [3.8, 4) is 22.3 Å². The molecule has 2 heterocycles. The average molecular weight is 909 g/mol. The van der Waals surface area contributed by atoms with Gasteiger partial charge in [-0.15, -0.1) is 0 Å². The maximum absolute atomic E-state index is 7.22. The third-order valence-corrected chi connectivity index (χ3v) is 16.0. The predicted molar refractivity (Wildman–Crippen MR) is 294 cm³/mol. The van der Waals surface area contributed by atoms with Crippen molar-refractivity contribution >= 4 is 78.0 Å². The zero-order chi connectivity index (χ0) is 48.1. The number of anilines is 6. The SMILES string of the molecule is Cc1ccc(N(c2ccccc2C)c2cc3c(c4c2oc2ccccc24)-c2cc4c(cc2C3(C)C)-c2c(cc(N(c3ccccc3C)c3ccc(C)cc3C)c3c2oc2ccccc23)C4(C)C)c(C)c1. The number of hydrogen-bond donors (Lipinski definition) is 0. The molecule has 4 nitrogen and oxygen atoms in total. The predicted octanol–water partition coefficient (Wildman–Crippen LogP) is 18.9. The van der Waals surface area contributed by atoms with Crippen LogP contribution < -0.4 is 9.80 Å².